The van der Waals surface area contributed by atoms with Gasteiger partial charge in [-0.2, -0.15) is 0 Å². The van der Waals surface area contributed by atoms with Crippen molar-refractivity contribution < 1.29 is 14.3 Å². The molecule has 0 N–H and O–H groups in total. The van der Waals surface area contributed by atoms with Crippen LogP contribution >= 0.6 is 0 Å². The van der Waals surface area contributed by atoms with E-state index in [4.69, 9.17) is 9.47 Å². The fourth-order valence-corrected chi connectivity index (χ4v) is 2.43. The van der Waals surface area contributed by atoms with Crippen molar-refractivity contribution in [3.05, 3.63) is 48.6 Å². The van der Waals surface area contributed by atoms with Crippen LogP contribution in [0.5, 0.6) is 0 Å². The summed E-state index contributed by atoms with van der Waals surface area (Å²) in [7, 11) is 1.56. The summed E-state index contributed by atoms with van der Waals surface area (Å²) < 4.78 is 10.2. The molecule has 0 aliphatic rings. The highest BCUT2D eigenvalue weighted by atomic mass is 16.7. The van der Waals surface area contributed by atoms with Crippen LogP contribution in [0.15, 0.2) is 48.6 Å². The van der Waals surface area contributed by atoms with Crippen molar-refractivity contribution in [2.75, 3.05) is 7.11 Å². The molecule has 3 nitrogen and oxygen atoms in total. The zero-order valence-corrected chi connectivity index (χ0v) is 17.7. The molecule has 1 atom stereocenters. The van der Waals surface area contributed by atoms with Crippen LogP contribution in [0.1, 0.15) is 84.5 Å². The minimum absolute atomic E-state index is 0.181. The van der Waals surface area contributed by atoms with E-state index < -0.39 is 6.29 Å². The monoisotopic (exact) mass is 376 g/mol. The van der Waals surface area contributed by atoms with Gasteiger partial charge in [-0.05, 0) is 44.9 Å². The molecule has 0 aromatic rings. The zero-order chi connectivity index (χ0) is 20.0. The number of hydrogen-bond donors (Lipinski definition) is 0. The average Bonchev–Trinajstić information content (AvgIpc) is 2.68. The number of rotatable bonds is 17. The molecule has 0 fully saturated rings. The molecule has 0 saturated heterocycles. The first-order chi connectivity index (χ1) is 13.2. The Morgan fingerprint density at radius 1 is 0.778 bits per heavy atom. The second kappa shape index (κ2) is 20.7. The summed E-state index contributed by atoms with van der Waals surface area (Å²) in [5.41, 5.74) is 0. The number of unbranched alkanes of at least 4 members (excludes halogenated alkanes) is 4. The Balaban J connectivity index is 3.55. The van der Waals surface area contributed by atoms with E-state index in [0.717, 1.165) is 32.1 Å². The molecule has 0 aromatic carbocycles. The molecule has 0 rings (SSSR count). The van der Waals surface area contributed by atoms with Gasteiger partial charge in [0.25, 0.3) is 0 Å². The molecule has 0 aliphatic heterocycles. The third-order valence-corrected chi connectivity index (χ3v) is 4.07. The maximum atomic E-state index is 11.6. The summed E-state index contributed by atoms with van der Waals surface area (Å²) in [5, 5.41) is 0. The first-order valence-corrected chi connectivity index (χ1v) is 10.6. The molecule has 0 heterocycles. The Hall–Kier alpha value is -1.61. The van der Waals surface area contributed by atoms with Gasteiger partial charge in [0.1, 0.15) is 0 Å². The van der Waals surface area contributed by atoms with Crippen LogP contribution in [-0.4, -0.2) is 19.4 Å². The van der Waals surface area contributed by atoms with Gasteiger partial charge in [0.2, 0.25) is 6.29 Å². The van der Waals surface area contributed by atoms with Crippen molar-refractivity contribution in [1.29, 1.82) is 0 Å². The van der Waals surface area contributed by atoms with Gasteiger partial charge in [0.05, 0.1) is 0 Å². The van der Waals surface area contributed by atoms with Gasteiger partial charge in [-0.15, -0.1) is 0 Å². The van der Waals surface area contributed by atoms with E-state index in [9.17, 15) is 4.79 Å². The van der Waals surface area contributed by atoms with E-state index >= 15 is 0 Å². The second-order valence-electron chi connectivity index (χ2n) is 6.54. The summed E-state index contributed by atoms with van der Waals surface area (Å²) in [4.78, 5) is 11.6. The van der Waals surface area contributed by atoms with Crippen LogP contribution in [0.25, 0.3) is 0 Å². The number of carbonyl (C=O) groups is 1. The fraction of sp³-hybridized carbons (Fsp3) is 0.625. The van der Waals surface area contributed by atoms with Crippen molar-refractivity contribution in [2.45, 2.75) is 90.8 Å². The Morgan fingerprint density at radius 3 is 1.78 bits per heavy atom. The molecular weight excluding hydrogens is 336 g/mol. The largest absolute Gasteiger partial charge is 0.436 e. The molecule has 0 bridgehead atoms. The number of esters is 1. The summed E-state index contributed by atoms with van der Waals surface area (Å²) in [6.07, 6.45) is 28.2. The molecule has 27 heavy (non-hydrogen) atoms. The molecule has 3 heteroatoms. The van der Waals surface area contributed by atoms with Gasteiger partial charge < -0.3 is 9.47 Å². The Morgan fingerprint density at radius 2 is 1.30 bits per heavy atom. The van der Waals surface area contributed by atoms with Crippen LogP contribution in [0.3, 0.4) is 0 Å². The van der Waals surface area contributed by atoms with E-state index in [-0.39, 0.29) is 5.97 Å². The van der Waals surface area contributed by atoms with Crippen molar-refractivity contribution in [3.63, 3.8) is 0 Å². The van der Waals surface area contributed by atoms with E-state index in [1.807, 2.05) is 6.92 Å². The standard InChI is InChI=1S/C24H40O3/c1-4-6-7-8-9-10-11-12-13-14-15-16-17-18-19-20-21-22-23(25)27-24(5-2)26-3/h9-10,12-13,15-16,18-19,24H,4-8,11,14,17,20-22H2,1-3H3/b10-9-,13-12-,16-15-,19-18-. The summed E-state index contributed by atoms with van der Waals surface area (Å²) in [6.45, 7) is 4.17. The van der Waals surface area contributed by atoms with Gasteiger partial charge >= 0.3 is 5.97 Å². The fourth-order valence-electron chi connectivity index (χ4n) is 2.43. The normalized spacial score (nSPS) is 13.4. The predicted octanol–water partition coefficient (Wildman–Crippen LogP) is 7.06. The van der Waals surface area contributed by atoms with Crippen LogP contribution in [0, 0.1) is 0 Å². The van der Waals surface area contributed by atoms with E-state index in [2.05, 4.69) is 55.5 Å². The average molecular weight is 377 g/mol. The van der Waals surface area contributed by atoms with Gasteiger partial charge in [0.15, 0.2) is 0 Å². The molecule has 154 valence electrons. The molecule has 0 aromatic heterocycles. The third-order valence-electron chi connectivity index (χ3n) is 4.07. The topological polar surface area (TPSA) is 35.5 Å². The SMILES string of the molecule is CCCCC/C=C\C/C=C\C/C=C\C/C=C\CCCC(=O)OC(CC)OC. The molecule has 0 amide bonds. The van der Waals surface area contributed by atoms with Crippen molar-refractivity contribution in [2.24, 2.45) is 0 Å². The summed E-state index contributed by atoms with van der Waals surface area (Å²) in [5.74, 6) is -0.181. The van der Waals surface area contributed by atoms with Crippen molar-refractivity contribution >= 4 is 5.97 Å². The van der Waals surface area contributed by atoms with Crippen LogP contribution in [-0.2, 0) is 14.3 Å². The first-order valence-electron chi connectivity index (χ1n) is 10.6. The van der Waals surface area contributed by atoms with Crippen molar-refractivity contribution in [1.82, 2.24) is 0 Å². The number of methoxy groups -OCH3 is 1. The molecule has 1 unspecified atom stereocenters. The predicted molar refractivity (Wildman–Crippen MR) is 116 cm³/mol. The Bertz CT molecular complexity index is 443. The maximum absolute atomic E-state index is 11.6. The smallest absolute Gasteiger partial charge is 0.308 e. The molecule has 0 aliphatic carbocycles. The molecule has 0 radical (unpaired) electrons. The van der Waals surface area contributed by atoms with E-state index in [0.29, 0.717) is 12.8 Å². The minimum Gasteiger partial charge on any atom is -0.436 e. The van der Waals surface area contributed by atoms with Gasteiger partial charge in [-0.1, -0.05) is 75.3 Å². The third kappa shape index (κ3) is 19.0. The van der Waals surface area contributed by atoms with Gasteiger partial charge in [-0.25, -0.2) is 0 Å². The number of carbonyl (C=O) groups excluding carboxylic acids is 1. The zero-order valence-electron chi connectivity index (χ0n) is 17.7. The second-order valence-corrected chi connectivity index (χ2v) is 6.54. The Kier molecular flexibility index (Phi) is 19.5. The highest BCUT2D eigenvalue weighted by Crippen LogP contribution is 2.05. The maximum Gasteiger partial charge on any atom is 0.308 e. The van der Waals surface area contributed by atoms with Gasteiger partial charge in [0, 0.05) is 20.0 Å². The minimum atomic E-state index is -0.408. The lowest BCUT2D eigenvalue weighted by Gasteiger charge is -2.13. The Labute approximate surface area is 167 Å². The number of allylic oxidation sites excluding steroid dienone is 8. The van der Waals surface area contributed by atoms with Gasteiger partial charge in [-0.3, -0.25) is 4.79 Å². The highest BCUT2D eigenvalue weighted by Gasteiger charge is 2.09. The number of hydrogen-bond acceptors (Lipinski definition) is 3. The van der Waals surface area contributed by atoms with Crippen LogP contribution in [0.2, 0.25) is 0 Å². The molecule has 0 spiro atoms. The lowest BCUT2D eigenvalue weighted by Crippen LogP contribution is -2.18. The van der Waals surface area contributed by atoms with Crippen LogP contribution < -0.4 is 0 Å². The van der Waals surface area contributed by atoms with E-state index in [1.54, 1.807) is 7.11 Å². The highest BCUT2D eigenvalue weighted by molar-refractivity contribution is 5.69. The summed E-state index contributed by atoms with van der Waals surface area (Å²) in [6, 6.07) is 0. The van der Waals surface area contributed by atoms with E-state index in [1.165, 1.54) is 25.7 Å². The molecular formula is C24H40O3. The van der Waals surface area contributed by atoms with Crippen LogP contribution in [0.4, 0.5) is 0 Å². The first kappa shape index (κ1) is 25.4. The quantitative estimate of drug-likeness (QED) is 0.118. The van der Waals surface area contributed by atoms with Crippen molar-refractivity contribution in [3.8, 4) is 0 Å². The molecule has 0 saturated carbocycles. The lowest BCUT2D eigenvalue weighted by molar-refractivity contribution is -0.173. The lowest BCUT2D eigenvalue weighted by atomic mass is 10.2. The number of ether oxygens (including phenoxy) is 2. The summed E-state index contributed by atoms with van der Waals surface area (Å²) >= 11 is 0.